The molecule has 0 saturated heterocycles. The number of alkyl halides is 3. The standard InChI is InChI=1S/C14H21F3N2O/c1-10(2)19-9-11(6-5-7-18(3)4)12(8-13(19)20)14(15,16)17/h8-10H,5-7H2,1-4H3. The first-order valence-corrected chi connectivity index (χ1v) is 6.60. The molecule has 1 heterocycles. The number of pyridine rings is 1. The number of hydrogen-bond acceptors (Lipinski definition) is 2. The Hall–Kier alpha value is -1.30. The predicted molar refractivity (Wildman–Crippen MR) is 73.0 cm³/mol. The van der Waals surface area contributed by atoms with Gasteiger partial charge >= 0.3 is 6.18 Å². The Balaban J connectivity index is 3.16. The number of aromatic nitrogens is 1. The summed E-state index contributed by atoms with van der Waals surface area (Å²) in [5, 5.41) is 0. The molecular weight excluding hydrogens is 269 g/mol. The van der Waals surface area contributed by atoms with Crippen molar-refractivity contribution in [3.05, 3.63) is 33.7 Å². The van der Waals surface area contributed by atoms with Crippen LogP contribution in [-0.4, -0.2) is 30.1 Å². The van der Waals surface area contributed by atoms with Crippen molar-refractivity contribution in [2.75, 3.05) is 20.6 Å². The zero-order valence-corrected chi connectivity index (χ0v) is 12.3. The van der Waals surface area contributed by atoms with Crippen molar-refractivity contribution in [3.8, 4) is 0 Å². The average Bonchev–Trinajstić information content (AvgIpc) is 2.28. The summed E-state index contributed by atoms with van der Waals surface area (Å²) in [4.78, 5) is 13.6. The molecule has 0 aliphatic heterocycles. The molecule has 0 radical (unpaired) electrons. The van der Waals surface area contributed by atoms with Crippen LogP contribution in [0.4, 0.5) is 13.2 Å². The van der Waals surface area contributed by atoms with Crippen molar-refractivity contribution in [2.24, 2.45) is 0 Å². The van der Waals surface area contributed by atoms with Crippen molar-refractivity contribution < 1.29 is 13.2 Å². The van der Waals surface area contributed by atoms with E-state index in [0.29, 0.717) is 25.5 Å². The molecule has 0 aliphatic rings. The van der Waals surface area contributed by atoms with E-state index in [1.54, 1.807) is 13.8 Å². The average molecular weight is 290 g/mol. The van der Waals surface area contributed by atoms with Crippen molar-refractivity contribution in [3.63, 3.8) is 0 Å². The van der Waals surface area contributed by atoms with Crippen LogP contribution in [0.1, 0.15) is 37.4 Å². The molecule has 0 unspecified atom stereocenters. The lowest BCUT2D eigenvalue weighted by atomic mass is 10.0. The smallest absolute Gasteiger partial charge is 0.313 e. The van der Waals surface area contributed by atoms with Gasteiger partial charge in [0.15, 0.2) is 0 Å². The number of hydrogen-bond donors (Lipinski definition) is 0. The van der Waals surface area contributed by atoms with E-state index in [0.717, 1.165) is 0 Å². The molecule has 0 N–H and O–H groups in total. The first-order valence-electron chi connectivity index (χ1n) is 6.60. The summed E-state index contributed by atoms with van der Waals surface area (Å²) in [5.41, 5.74) is -1.23. The third kappa shape index (κ3) is 4.37. The summed E-state index contributed by atoms with van der Waals surface area (Å²) in [6.07, 6.45) is -2.21. The minimum absolute atomic E-state index is 0.155. The normalized spacial score (nSPS) is 12.4. The highest BCUT2D eigenvalue weighted by Gasteiger charge is 2.34. The molecule has 0 atom stereocenters. The number of rotatable bonds is 5. The molecule has 0 aliphatic carbocycles. The molecule has 0 aromatic carbocycles. The highest BCUT2D eigenvalue weighted by Crippen LogP contribution is 2.31. The Kier molecular flexibility index (Phi) is 5.39. The van der Waals surface area contributed by atoms with Gasteiger partial charge in [-0.05, 0) is 52.9 Å². The van der Waals surface area contributed by atoms with Gasteiger partial charge in [0.25, 0.3) is 5.56 Å². The molecule has 20 heavy (non-hydrogen) atoms. The van der Waals surface area contributed by atoms with E-state index >= 15 is 0 Å². The predicted octanol–water partition coefficient (Wildman–Crippen LogP) is 2.94. The van der Waals surface area contributed by atoms with Crippen LogP contribution in [0.15, 0.2) is 17.1 Å². The van der Waals surface area contributed by atoms with Gasteiger partial charge in [-0.3, -0.25) is 4.79 Å². The van der Waals surface area contributed by atoms with Gasteiger partial charge in [-0.25, -0.2) is 0 Å². The zero-order chi connectivity index (χ0) is 15.5. The van der Waals surface area contributed by atoms with Gasteiger partial charge in [-0.1, -0.05) is 0 Å². The lowest BCUT2D eigenvalue weighted by molar-refractivity contribution is -0.138. The molecule has 114 valence electrons. The van der Waals surface area contributed by atoms with Gasteiger partial charge in [0.05, 0.1) is 5.56 Å². The summed E-state index contributed by atoms with van der Waals surface area (Å²) < 4.78 is 40.3. The molecule has 0 saturated carbocycles. The summed E-state index contributed by atoms with van der Waals surface area (Å²) in [6, 6.07) is 0.558. The molecule has 1 rings (SSSR count). The van der Waals surface area contributed by atoms with Crippen molar-refractivity contribution in [1.29, 1.82) is 0 Å². The molecule has 0 bridgehead atoms. The largest absolute Gasteiger partial charge is 0.416 e. The third-order valence-electron chi connectivity index (χ3n) is 3.08. The van der Waals surface area contributed by atoms with E-state index in [1.165, 1.54) is 10.8 Å². The van der Waals surface area contributed by atoms with Crippen molar-refractivity contribution >= 4 is 0 Å². The molecule has 1 aromatic rings. The summed E-state index contributed by atoms with van der Waals surface area (Å²) >= 11 is 0. The fraction of sp³-hybridized carbons (Fsp3) is 0.643. The van der Waals surface area contributed by atoms with Crippen LogP contribution in [-0.2, 0) is 12.6 Å². The van der Waals surface area contributed by atoms with Gasteiger partial charge in [-0.15, -0.1) is 0 Å². The van der Waals surface area contributed by atoms with Crippen molar-refractivity contribution in [1.82, 2.24) is 9.47 Å². The van der Waals surface area contributed by atoms with Crippen LogP contribution < -0.4 is 5.56 Å². The molecule has 0 fully saturated rings. The maximum atomic E-state index is 13.0. The highest BCUT2D eigenvalue weighted by atomic mass is 19.4. The Morgan fingerprint density at radius 3 is 2.35 bits per heavy atom. The quantitative estimate of drug-likeness (QED) is 0.833. The Morgan fingerprint density at radius 2 is 1.90 bits per heavy atom. The number of nitrogens with zero attached hydrogens (tertiary/aromatic N) is 2. The third-order valence-corrected chi connectivity index (χ3v) is 3.08. The lowest BCUT2D eigenvalue weighted by Gasteiger charge is -2.18. The van der Waals surface area contributed by atoms with E-state index in [1.807, 2.05) is 19.0 Å². The van der Waals surface area contributed by atoms with Crippen LogP contribution >= 0.6 is 0 Å². The SMILES string of the molecule is CC(C)n1cc(CCCN(C)C)c(C(F)(F)F)cc1=O. The minimum Gasteiger partial charge on any atom is -0.313 e. The highest BCUT2D eigenvalue weighted by molar-refractivity contribution is 5.27. The Bertz CT molecular complexity index is 504. The summed E-state index contributed by atoms with van der Waals surface area (Å²) in [5.74, 6) is 0. The van der Waals surface area contributed by atoms with Gasteiger partial charge in [0.1, 0.15) is 0 Å². The molecule has 0 spiro atoms. The summed E-state index contributed by atoms with van der Waals surface area (Å²) in [7, 11) is 3.75. The van der Waals surface area contributed by atoms with E-state index in [2.05, 4.69) is 0 Å². The van der Waals surface area contributed by atoms with Gasteiger partial charge in [-0.2, -0.15) is 13.2 Å². The minimum atomic E-state index is -4.48. The molecule has 0 amide bonds. The maximum Gasteiger partial charge on any atom is 0.416 e. The first kappa shape index (κ1) is 16.8. The van der Waals surface area contributed by atoms with Crippen molar-refractivity contribution in [2.45, 2.75) is 38.9 Å². The summed E-state index contributed by atoms with van der Waals surface area (Å²) in [6.45, 7) is 4.26. The van der Waals surface area contributed by atoms with E-state index < -0.39 is 17.3 Å². The van der Waals surface area contributed by atoms with Crippen LogP contribution in [0, 0.1) is 0 Å². The second-order valence-corrected chi connectivity index (χ2v) is 5.46. The molecule has 6 heteroatoms. The topological polar surface area (TPSA) is 25.2 Å². The van der Waals surface area contributed by atoms with Gasteiger partial charge < -0.3 is 9.47 Å². The Morgan fingerprint density at radius 1 is 1.30 bits per heavy atom. The Labute approximate surface area is 117 Å². The zero-order valence-electron chi connectivity index (χ0n) is 12.3. The van der Waals surface area contributed by atoms with E-state index in [4.69, 9.17) is 0 Å². The fourth-order valence-electron chi connectivity index (χ4n) is 2.04. The number of halogens is 3. The fourth-order valence-corrected chi connectivity index (χ4v) is 2.04. The van der Waals surface area contributed by atoms with Gasteiger partial charge in [0, 0.05) is 18.3 Å². The van der Waals surface area contributed by atoms with E-state index in [-0.39, 0.29) is 11.6 Å². The first-order chi connectivity index (χ1) is 9.12. The van der Waals surface area contributed by atoms with Crippen LogP contribution in [0.3, 0.4) is 0 Å². The van der Waals surface area contributed by atoms with Crippen LogP contribution in [0.2, 0.25) is 0 Å². The lowest BCUT2D eigenvalue weighted by Crippen LogP contribution is -2.25. The molecular formula is C14H21F3N2O. The maximum absolute atomic E-state index is 13.0. The van der Waals surface area contributed by atoms with Gasteiger partial charge in [0.2, 0.25) is 0 Å². The van der Waals surface area contributed by atoms with E-state index in [9.17, 15) is 18.0 Å². The number of aryl methyl sites for hydroxylation is 1. The molecule has 3 nitrogen and oxygen atoms in total. The van der Waals surface area contributed by atoms with Crippen LogP contribution in [0.25, 0.3) is 0 Å². The monoisotopic (exact) mass is 290 g/mol. The second kappa shape index (κ2) is 6.43. The second-order valence-electron chi connectivity index (χ2n) is 5.46. The molecule has 1 aromatic heterocycles. The van der Waals surface area contributed by atoms with Crippen LogP contribution in [0.5, 0.6) is 0 Å².